The van der Waals surface area contributed by atoms with Crippen molar-refractivity contribution in [2.45, 2.75) is 26.7 Å². The number of methoxy groups -OCH3 is 1. The van der Waals surface area contributed by atoms with E-state index in [-0.39, 0.29) is 18.9 Å². The van der Waals surface area contributed by atoms with Crippen LogP contribution >= 0.6 is 0 Å². The average Bonchev–Trinajstić information content (AvgIpc) is 2.35. The monoisotopic (exact) mass is 287 g/mol. The molecule has 0 aromatic rings. The number of ether oxygens (including phenoxy) is 1. The largest absolute Gasteiger partial charge is 0.469 e. The molecule has 0 saturated carbocycles. The topological polar surface area (TPSA) is 87.7 Å². The summed E-state index contributed by atoms with van der Waals surface area (Å²) in [6.07, 6.45) is 1.07. The predicted molar refractivity (Wildman–Crippen MR) is 75.1 cm³/mol. The van der Waals surface area contributed by atoms with Gasteiger partial charge in [-0.2, -0.15) is 0 Å². The van der Waals surface area contributed by atoms with Gasteiger partial charge in [-0.3, -0.25) is 19.8 Å². The molecule has 7 heteroatoms. The molecule has 0 aliphatic carbocycles. The van der Waals surface area contributed by atoms with Gasteiger partial charge in [-0.25, -0.2) is 4.79 Å². The first kappa shape index (κ1) is 18.4. The van der Waals surface area contributed by atoms with E-state index in [4.69, 9.17) is 0 Å². The summed E-state index contributed by atoms with van der Waals surface area (Å²) in [5, 5.41) is 4.85. The molecule has 0 saturated heterocycles. The second kappa shape index (κ2) is 10.2. The van der Waals surface area contributed by atoms with Crippen molar-refractivity contribution in [1.29, 1.82) is 0 Å². The Morgan fingerprint density at radius 2 is 1.90 bits per heavy atom. The molecule has 0 heterocycles. The molecule has 0 unspecified atom stereocenters. The molecule has 116 valence electrons. The summed E-state index contributed by atoms with van der Waals surface area (Å²) in [6.45, 7) is 5.10. The Morgan fingerprint density at radius 3 is 2.45 bits per heavy atom. The Labute approximate surface area is 120 Å². The number of hydrogen-bond donors (Lipinski definition) is 2. The highest BCUT2D eigenvalue weighted by molar-refractivity contribution is 5.95. The lowest BCUT2D eigenvalue weighted by atomic mass is 10.1. The van der Waals surface area contributed by atoms with Crippen molar-refractivity contribution in [3.8, 4) is 0 Å². The second-order valence-electron chi connectivity index (χ2n) is 5.05. The summed E-state index contributed by atoms with van der Waals surface area (Å²) in [5.41, 5.74) is 0. The molecule has 0 bridgehead atoms. The summed E-state index contributed by atoms with van der Waals surface area (Å²) < 4.78 is 4.50. The van der Waals surface area contributed by atoms with E-state index in [1.54, 1.807) is 11.9 Å². The lowest BCUT2D eigenvalue weighted by molar-refractivity contribution is -0.141. The van der Waals surface area contributed by atoms with Gasteiger partial charge in [0, 0.05) is 13.1 Å². The highest BCUT2D eigenvalue weighted by atomic mass is 16.5. The molecule has 2 N–H and O–H groups in total. The maximum atomic E-state index is 11.5. The fraction of sp³-hybridized carbons (Fsp3) is 0.769. The van der Waals surface area contributed by atoms with Gasteiger partial charge < -0.3 is 10.1 Å². The molecule has 0 fully saturated rings. The molecular formula is C13H25N3O4. The molecule has 0 radical (unpaired) electrons. The highest BCUT2D eigenvalue weighted by Gasteiger charge is 2.11. The third-order valence-electron chi connectivity index (χ3n) is 2.60. The standard InChI is InChI=1S/C13H25N3O4/c1-10(2)5-7-14-13(19)15-11(17)9-16(3)8-6-12(18)20-4/h10H,5-9H2,1-4H3,(H2,14,15,17,19). The number of carbonyl (C=O) groups excluding carboxylic acids is 3. The number of nitrogens with one attached hydrogen (secondary N) is 2. The van der Waals surface area contributed by atoms with Gasteiger partial charge >= 0.3 is 12.0 Å². The quantitative estimate of drug-likeness (QED) is 0.629. The number of urea groups is 1. The lowest BCUT2D eigenvalue weighted by Gasteiger charge is -2.15. The van der Waals surface area contributed by atoms with E-state index >= 15 is 0 Å². The van der Waals surface area contributed by atoms with Crippen LogP contribution in [0.4, 0.5) is 4.79 Å². The Morgan fingerprint density at radius 1 is 1.25 bits per heavy atom. The maximum Gasteiger partial charge on any atom is 0.321 e. The summed E-state index contributed by atoms with van der Waals surface area (Å²) in [7, 11) is 3.01. The molecular weight excluding hydrogens is 262 g/mol. The van der Waals surface area contributed by atoms with Crippen LogP contribution in [0.2, 0.25) is 0 Å². The van der Waals surface area contributed by atoms with Crippen LogP contribution in [0, 0.1) is 5.92 Å². The van der Waals surface area contributed by atoms with Gasteiger partial charge in [0.15, 0.2) is 0 Å². The van der Waals surface area contributed by atoms with Crippen molar-refractivity contribution in [3.63, 3.8) is 0 Å². The van der Waals surface area contributed by atoms with E-state index in [2.05, 4.69) is 29.2 Å². The Balaban J connectivity index is 3.80. The minimum absolute atomic E-state index is 0.0502. The molecule has 0 aromatic heterocycles. The molecule has 0 spiro atoms. The molecule has 0 aromatic carbocycles. The predicted octanol–water partition coefficient (Wildman–Crippen LogP) is 0.353. The summed E-state index contributed by atoms with van der Waals surface area (Å²) in [5.74, 6) is -0.237. The van der Waals surface area contributed by atoms with E-state index in [0.717, 1.165) is 6.42 Å². The van der Waals surface area contributed by atoms with Crippen molar-refractivity contribution in [1.82, 2.24) is 15.5 Å². The van der Waals surface area contributed by atoms with Crippen LogP contribution in [-0.4, -0.2) is 56.6 Å². The Hall–Kier alpha value is -1.63. The fourth-order valence-electron chi connectivity index (χ4n) is 1.39. The number of imide groups is 1. The summed E-state index contributed by atoms with van der Waals surface area (Å²) in [6, 6.07) is -0.489. The van der Waals surface area contributed by atoms with Crippen LogP contribution in [0.5, 0.6) is 0 Å². The van der Waals surface area contributed by atoms with E-state index in [9.17, 15) is 14.4 Å². The zero-order valence-electron chi connectivity index (χ0n) is 12.7. The van der Waals surface area contributed by atoms with Crippen molar-refractivity contribution >= 4 is 17.9 Å². The second-order valence-corrected chi connectivity index (χ2v) is 5.05. The molecule has 0 aliphatic rings. The van der Waals surface area contributed by atoms with Crippen LogP contribution < -0.4 is 10.6 Å². The molecule has 3 amide bonds. The van der Waals surface area contributed by atoms with Gasteiger partial charge in [-0.1, -0.05) is 13.8 Å². The summed E-state index contributed by atoms with van der Waals surface area (Å²) in [4.78, 5) is 35.5. The molecule has 20 heavy (non-hydrogen) atoms. The van der Waals surface area contributed by atoms with Gasteiger partial charge in [0.05, 0.1) is 20.1 Å². The molecule has 0 rings (SSSR count). The molecule has 7 nitrogen and oxygen atoms in total. The van der Waals surface area contributed by atoms with E-state index < -0.39 is 11.9 Å². The third-order valence-corrected chi connectivity index (χ3v) is 2.60. The lowest BCUT2D eigenvalue weighted by Crippen LogP contribution is -2.44. The number of rotatable bonds is 8. The van der Waals surface area contributed by atoms with E-state index in [1.807, 2.05) is 0 Å². The van der Waals surface area contributed by atoms with Crippen LogP contribution in [0.25, 0.3) is 0 Å². The van der Waals surface area contributed by atoms with Gasteiger partial charge in [0.2, 0.25) is 5.91 Å². The van der Waals surface area contributed by atoms with E-state index in [0.29, 0.717) is 19.0 Å². The smallest absolute Gasteiger partial charge is 0.321 e. The first-order valence-corrected chi connectivity index (χ1v) is 6.68. The Kier molecular flexibility index (Phi) is 9.36. The van der Waals surface area contributed by atoms with Gasteiger partial charge in [0.1, 0.15) is 0 Å². The summed E-state index contributed by atoms with van der Waals surface area (Å²) >= 11 is 0. The number of esters is 1. The maximum absolute atomic E-state index is 11.5. The number of nitrogens with zero attached hydrogens (tertiary/aromatic N) is 1. The number of hydrogen-bond acceptors (Lipinski definition) is 5. The Bertz CT molecular complexity index is 332. The molecule has 0 aliphatic heterocycles. The fourth-order valence-corrected chi connectivity index (χ4v) is 1.39. The number of carbonyl (C=O) groups is 3. The minimum Gasteiger partial charge on any atom is -0.469 e. The van der Waals surface area contributed by atoms with E-state index in [1.165, 1.54) is 7.11 Å². The minimum atomic E-state index is -0.489. The van der Waals surface area contributed by atoms with Crippen LogP contribution in [-0.2, 0) is 14.3 Å². The average molecular weight is 287 g/mol. The van der Waals surface area contributed by atoms with Crippen LogP contribution in [0.15, 0.2) is 0 Å². The van der Waals surface area contributed by atoms with Crippen LogP contribution in [0.3, 0.4) is 0 Å². The van der Waals surface area contributed by atoms with Crippen LogP contribution in [0.1, 0.15) is 26.7 Å². The zero-order chi connectivity index (χ0) is 15.5. The van der Waals surface area contributed by atoms with Crippen molar-refractivity contribution in [2.75, 3.05) is 33.8 Å². The van der Waals surface area contributed by atoms with Crippen molar-refractivity contribution in [2.24, 2.45) is 5.92 Å². The zero-order valence-corrected chi connectivity index (χ0v) is 12.7. The van der Waals surface area contributed by atoms with Gasteiger partial charge in [0.25, 0.3) is 0 Å². The molecule has 0 atom stereocenters. The van der Waals surface area contributed by atoms with Crippen molar-refractivity contribution in [3.05, 3.63) is 0 Å². The first-order valence-electron chi connectivity index (χ1n) is 6.68. The number of likely N-dealkylation sites (N-methyl/N-ethyl adjacent to an activating group) is 1. The van der Waals surface area contributed by atoms with Crippen molar-refractivity contribution < 1.29 is 19.1 Å². The normalized spacial score (nSPS) is 10.5. The SMILES string of the molecule is COC(=O)CCN(C)CC(=O)NC(=O)NCCC(C)C. The third kappa shape index (κ3) is 10.3. The number of amides is 3. The highest BCUT2D eigenvalue weighted by Crippen LogP contribution is 1.96. The van der Waals surface area contributed by atoms with Gasteiger partial charge in [-0.15, -0.1) is 0 Å². The first-order chi connectivity index (χ1) is 9.35. The van der Waals surface area contributed by atoms with Gasteiger partial charge in [-0.05, 0) is 19.4 Å².